The topological polar surface area (TPSA) is 32.6 Å². The van der Waals surface area contributed by atoms with Gasteiger partial charge in [0.15, 0.2) is 0 Å². The van der Waals surface area contributed by atoms with Gasteiger partial charge in [0.2, 0.25) is 0 Å². The van der Waals surface area contributed by atoms with Crippen molar-refractivity contribution in [2.45, 2.75) is 20.3 Å². The Bertz CT molecular complexity index is 481. The van der Waals surface area contributed by atoms with E-state index >= 15 is 0 Å². The second-order valence-electron chi connectivity index (χ2n) is 3.23. The highest BCUT2D eigenvalue weighted by molar-refractivity contribution is 7.37. The lowest BCUT2D eigenvalue weighted by atomic mass is 10.1. The minimum atomic E-state index is 0.730. The number of fused-ring (bicyclic) bond motifs is 1. The molecule has 0 atom stereocenters. The molecule has 0 radical (unpaired) electrons. The third-order valence-electron chi connectivity index (χ3n) is 2.31. The molecule has 0 unspecified atom stereocenters. The standard InChI is InChI=1S/C10H11NOS2/c1-6-5-13-10-9(6)7(2)8(14-10)3-4-11-12/h4-5,12H,3H2,1-2H3. The molecule has 0 amide bonds. The van der Waals surface area contributed by atoms with Crippen molar-refractivity contribution in [1.82, 2.24) is 0 Å². The van der Waals surface area contributed by atoms with E-state index in [-0.39, 0.29) is 0 Å². The van der Waals surface area contributed by atoms with Crippen molar-refractivity contribution >= 4 is 38.3 Å². The van der Waals surface area contributed by atoms with E-state index in [0.717, 1.165) is 6.42 Å². The van der Waals surface area contributed by atoms with Gasteiger partial charge in [0.25, 0.3) is 0 Å². The molecule has 2 rings (SSSR count). The summed E-state index contributed by atoms with van der Waals surface area (Å²) in [6.45, 7) is 4.28. The minimum Gasteiger partial charge on any atom is -0.411 e. The Hall–Kier alpha value is -0.870. The van der Waals surface area contributed by atoms with Crippen LogP contribution in [-0.2, 0) is 6.42 Å². The van der Waals surface area contributed by atoms with Crippen molar-refractivity contribution in [3.8, 4) is 0 Å². The summed E-state index contributed by atoms with van der Waals surface area (Å²) in [5.74, 6) is 0. The molecule has 1 N–H and O–H groups in total. The third kappa shape index (κ3) is 1.44. The fraction of sp³-hybridized carbons (Fsp3) is 0.300. The van der Waals surface area contributed by atoms with Crippen LogP contribution in [0.3, 0.4) is 0 Å². The van der Waals surface area contributed by atoms with Crippen LogP contribution in [0.5, 0.6) is 0 Å². The molecule has 2 heterocycles. The van der Waals surface area contributed by atoms with Crippen LogP contribution < -0.4 is 0 Å². The lowest BCUT2D eigenvalue weighted by Gasteiger charge is -1.93. The van der Waals surface area contributed by atoms with Crippen LogP contribution in [0.15, 0.2) is 10.5 Å². The molecule has 0 aromatic carbocycles. The number of thiophene rings is 2. The molecule has 0 aliphatic carbocycles. The second-order valence-corrected chi connectivity index (χ2v) is 5.48. The first-order chi connectivity index (χ1) is 6.74. The largest absolute Gasteiger partial charge is 0.411 e. The highest BCUT2D eigenvalue weighted by atomic mass is 32.2. The van der Waals surface area contributed by atoms with Crippen molar-refractivity contribution in [3.63, 3.8) is 0 Å². The van der Waals surface area contributed by atoms with Gasteiger partial charge in [-0.2, -0.15) is 0 Å². The summed E-state index contributed by atoms with van der Waals surface area (Å²) >= 11 is 3.59. The molecule has 0 saturated heterocycles. The first-order valence-corrected chi connectivity index (χ1v) is 6.05. The van der Waals surface area contributed by atoms with Crippen LogP contribution in [-0.4, -0.2) is 11.4 Å². The van der Waals surface area contributed by atoms with Gasteiger partial charge in [-0.05, 0) is 30.4 Å². The van der Waals surface area contributed by atoms with E-state index in [1.807, 2.05) is 0 Å². The predicted molar refractivity (Wildman–Crippen MR) is 63.2 cm³/mol. The van der Waals surface area contributed by atoms with Crippen molar-refractivity contribution < 1.29 is 5.21 Å². The van der Waals surface area contributed by atoms with Crippen LogP contribution in [0.4, 0.5) is 0 Å². The lowest BCUT2D eigenvalue weighted by Crippen LogP contribution is -1.84. The SMILES string of the molecule is Cc1csc2sc(CC=NO)c(C)c12. The maximum absolute atomic E-state index is 8.38. The van der Waals surface area contributed by atoms with Gasteiger partial charge in [0.1, 0.15) is 0 Å². The molecule has 0 saturated carbocycles. The van der Waals surface area contributed by atoms with Crippen molar-refractivity contribution in [2.75, 3.05) is 0 Å². The van der Waals surface area contributed by atoms with E-state index in [9.17, 15) is 0 Å². The Morgan fingerprint density at radius 1 is 1.50 bits per heavy atom. The minimum absolute atomic E-state index is 0.730. The average Bonchev–Trinajstić information content (AvgIpc) is 2.67. The van der Waals surface area contributed by atoms with Crippen LogP contribution in [0.25, 0.3) is 9.40 Å². The number of aryl methyl sites for hydroxylation is 2. The van der Waals surface area contributed by atoms with Gasteiger partial charge in [0.05, 0.1) is 4.01 Å². The quantitative estimate of drug-likeness (QED) is 0.473. The monoisotopic (exact) mass is 225 g/mol. The van der Waals surface area contributed by atoms with Crippen molar-refractivity contribution in [3.05, 3.63) is 21.4 Å². The Labute approximate surface area is 90.5 Å². The maximum Gasteiger partial charge on any atom is 0.0873 e. The second kappa shape index (κ2) is 3.71. The summed E-state index contributed by atoms with van der Waals surface area (Å²) in [7, 11) is 0. The number of nitrogens with zero attached hydrogens (tertiary/aromatic N) is 1. The van der Waals surface area contributed by atoms with Crippen molar-refractivity contribution in [2.24, 2.45) is 5.16 Å². The molecular formula is C10H11NOS2. The fourth-order valence-electron chi connectivity index (χ4n) is 1.59. The predicted octanol–water partition coefficient (Wildman–Crippen LogP) is 3.58. The van der Waals surface area contributed by atoms with Crippen LogP contribution >= 0.6 is 22.7 Å². The molecule has 2 nitrogen and oxygen atoms in total. The first kappa shape index (κ1) is 9.68. The van der Waals surface area contributed by atoms with Gasteiger partial charge in [-0.15, -0.1) is 27.8 Å². The lowest BCUT2D eigenvalue weighted by molar-refractivity contribution is 0.321. The molecule has 2 aromatic heterocycles. The fourth-order valence-corrected chi connectivity index (χ4v) is 4.12. The maximum atomic E-state index is 8.38. The van der Waals surface area contributed by atoms with Gasteiger partial charge in [-0.25, -0.2) is 0 Å². The number of hydrogen-bond acceptors (Lipinski definition) is 4. The van der Waals surface area contributed by atoms with E-state index in [0.29, 0.717) is 0 Å². The molecule has 2 aromatic rings. The van der Waals surface area contributed by atoms with Crippen molar-refractivity contribution in [1.29, 1.82) is 0 Å². The number of oxime groups is 1. The Balaban J connectivity index is 2.52. The van der Waals surface area contributed by atoms with Crippen LogP contribution in [0.2, 0.25) is 0 Å². The summed E-state index contributed by atoms with van der Waals surface area (Å²) in [6, 6.07) is 0. The van der Waals surface area contributed by atoms with E-state index in [1.165, 1.54) is 31.6 Å². The normalized spacial score (nSPS) is 11.9. The Morgan fingerprint density at radius 2 is 2.29 bits per heavy atom. The Kier molecular flexibility index (Phi) is 2.56. The molecular weight excluding hydrogens is 214 g/mol. The summed E-state index contributed by atoms with van der Waals surface area (Å²) in [4.78, 5) is 1.30. The summed E-state index contributed by atoms with van der Waals surface area (Å²) in [5, 5.41) is 15.0. The summed E-state index contributed by atoms with van der Waals surface area (Å²) in [5.41, 5.74) is 2.69. The average molecular weight is 225 g/mol. The smallest absolute Gasteiger partial charge is 0.0873 e. The van der Waals surface area contributed by atoms with Gasteiger partial charge in [-0.3, -0.25) is 0 Å². The zero-order valence-electron chi connectivity index (χ0n) is 8.07. The van der Waals surface area contributed by atoms with Crippen LogP contribution in [0.1, 0.15) is 16.0 Å². The molecule has 0 aliphatic rings. The number of rotatable bonds is 2. The van der Waals surface area contributed by atoms with Gasteiger partial charge in [0, 0.05) is 22.9 Å². The van der Waals surface area contributed by atoms with E-state index in [2.05, 4.69) is 24.4 Å². The summed E-state index contributed by atoms with van der Waals surface area (Å²) in [6.07, 6.45) is 2.27. The molecule has 74 valence electrons. The van der Waals surface area contributed by atoms with Gasteiger partial charge < -0.3 is 5.21 Å². The highest BCUT2D eigenvalue weighted by Gasteiger charge is 2.10. The molecule has 0 aliphatic heterocycles. The molecule has 0 bridgehead atoms. The number of hydrogen-bond donors (Lipinski definition) is 1. The van der Waals surface area contributed by atoms with E-state index in [1.54, 1.807) is 22.7 Å². The molecule has 4 heteroatoms. The van der Waals surface area contributed by atoms with Crippen LogP contribution in [0, 0.1) is 13.8 Å². The zero-order valence-corrected chi connectivity index (χ0v) is 9.71. The first-order valence-electron chi connectivity index (χ1n) is 4.36. The summed E-state index contributed by atoms with van der Waals surface area (Å²) < 4.78 is 1.38. The molecule has 0 spiro atoms. The van der Waals surface area contributed by atoms with E-state index < -0.39 is 0 Å². The molecule has 0 fully saturated rings. The molecule has 14 heavy (non-hydrogen) atoms. The van der Waals surface area contributed by atoms with Gasteiger partial charge in [-0.1, -0.05) is 0 Å². The third-order valence-corrected chi connectivity index (χ3v) is 4.85. The zero-order chi connectivity index (χ0) is 10.1. The highest BCUT2D eigenvalue weighted by Crippen LogP contribution is 2.37. The Morgan fingerprint density at radius 3 is 2.93 bits per heavy atom. The van der Waals surface area contributed by atoms with E-state index in [4.69, 9.17) is 5.21 Å². The van der Waals surface area contributed by atoms with Gasteiger partial charge >= 0.3 is 0 Å².